The van der Waals surface area contributed by atoms with Crippen LogP contribution in [-0.4, -0.2) is 24.1 Å². The van der Waals surface area contributed by atoms with Crippen molar-refractivity contribution in [1.29, 1.82) is 5.26 Å². The summed E-state index contributed by atoms with van der Waals surface area (Å²) in [7, 11) is 0. The van der Waals surface area contributed by atoms with Gasteiger partial charge in [0.25, 0.3) is 0 Å². The highest BCUT2D eigenvalue weighted by Gasteiger charge is 2.40. The molecule has 0 radical (unpaired) electrons. The van der Waals surface area contributed by atoms with Crippen molar-refractivity contribution >= 4 is 43.6 Å². The molecule has 3 aromatic heterocycles. The monoisotopic (exact) mass is 1090 g/mol. The van der Waals surface area contributed by atoms with Crippen LogP contribution in [-0.2, 0) is 24.7 Å². The number of rotatable bonds is 7. The summed E-state index contributed by atoms with van der Waals surface area (Å²) in [5.41, 5.74) is -4.45. The lowest BCUT2D eigenvalue weighted by Gasteiger charge is -2.20. The number of nitriles is 1. The number of para-hydroxylation sites is 2. The van der Waals surface area contributed by atoms with Gasteiger partial charge in [-0.3, -0.25) is 0 Å². The molecule has 0 aliphatic heterocycles. The van der Waals surface area contributed by atoms with E-state index in [0.717, 1.165) is 12.1 Å². The van der Waals surface area contributed by atoms with Gasteiger partial charge in [-0.05, 0) is 82.9 Å². The minimum Gasteiger partial charge on any atom is -0.307 e. The topological polar surface area (TPSA) is 72.3 Å². The molecule has 0 saturated carbocycles. The average Bonchev–Trinajstić information content (AvgIpc) is 4.08. The van der Waals surface area contributed by atoms with Crippen LogP contribution in [0, 0.1) is 11.3 Å². The lowest BCUT2D eigenvalue weighted by molar-refractivity contribution is -0.144. The molecular formula is C62H32F12N6. The summed E-state index contributed by atoms with van der Waals surface area (Å²) in [4.78, 5) is 14.6. The lowest BCUT2D eigenvalue weighted by Crippen LogP contribution is -2.12. The molecule has 0 atom stereocenters. The summed E-state index contributed by atoms with van der Waals surface area (Å²) in [5, 5.41) is 13.4. The third-order valence-electron chi connectivity index (χ3n) is 13.9. The van der Waals surface area contributed by atoms with E-state index in [4.69, 9.17) is 15.0 Å². The van der Waals surface area contributed by atoms with Crippen LogP contribution in [0.4, 0.5) is 52.7 Å². The van der Waals surface area contributed by atoms with Crippen LogP contribution in [0.2, 0.25) is 0 Å². The first-order valence-corrected chi connectivity index (χ1v) is 24.3. The molecule has 0 aliphatic rings. The first kappa shape index (κ1) is 51.0. The van der Waals surface area contributed by atoms with Crippen LogP contribution in [0.1, 0.15) is 27.8 Å². The van der Waals surface area contributed by atoms with Crippen LogP contribution in [0.5, 0.6) is 0 Å². The average molecular weight is 1090 g/mol. The van der Waals surface area contributed by atoms with Crippen molar-refractivity contribution in [1.82, 2.24) is 24.1 Å². The van der Waals surface area contributed by atoms with E-state index >= 15 is 0 Å². The molecule has 12 rings (SSSR count). The normalized spacial score (nSPS) is 12.5. The van der Waals surface area contributed by atoms with Gasteiger partial charge in [-0.25, -0.2) is 15.0 Å². The fourth-order valence-electron chi connectivity index (χ4n) is 10.4. The summed E-state index contributed by atoms with van der Waals surface area (Å²) < 4.78 is 176. The summed E-state index contributed by atoms with van der Waals surface area (Å²) in [5.74, 6) is 0.451. The Hall–Kier alpha value is -9.76. The van der Waals surface area contributed by atoms with Crippen molar-refractivity contribution in [3.63, 3.8) is 0 Å². The van der Waals surface area contributed by atoms with Crippen molar-refractivity contribution in [3.8, 4) is 73.9 Å². The van der Waals surface area contributed by atoms with Crippen molar-refractivity contribution in [2.45, 2.75) is 24.7 Å². The molecule has 6 nitrogen and oxygen atoms in total. The van der Waals surface area contributed by atoms with Gasteiger partial charge in [0.15, 0.2) is 17.5 Å². The molecule has 0 fully saturated rings. The zero-order valence-electron chi connectivity index (χ0n) is 40.7. The molecule has 18 heteroatoms. The fourth-order valence-corrected chi connectivity index (χ4v) is 10.4. The van der Waals surface area contributed by atoms with E-state index in [0.29, 0.717) is 55.8 Å². The van der Waals surface area contributed by atoms with E-state index in [1.54, 1.807) is 130 Å². The van der Waals surface area contributed by atoms with Gasteiger partial charge in [0.05, 0.1) is 67.3 Å². The van der Waals surface area contributed by atoms with Gasteiger partial charge >= 0.3 is 24.7 Å². The number of halogens is 12. The number of aromatic nitrogens is 5. The van der Waals surface area contributed by atoms with Crippen LogP contribution in [0.3, 0.4) is 0 Å². The van der Waals surface area contributed by atoms with Gasteiger partial charge in [-0.1, -0.05) is 133 Å². The molecule has 0 unspecified atom stereocenters. The van der Waals surface area contributed by atoms with E-state index in [1.807, 2.05) is 0 Å². The third kappa shape index (κ3) is 8.90. The molecule has 0 amide bonds. The lowest BCUT2D eigenvalue weighted by atomic mass is 9.96. The van der Waals surface area contributed by atoms with Crippen LogP contribution in [0.15, 0.2) is 194 Å². The molecule has 0 spiro atoms. The Bertz CT molecular complexity index is 4430. The molecule has 3 heterocycles. The minimum atomic E-state index is -5.24. The van der Waals surface area contributed by atoms with Crippen molar-refractivity contribution in [3.05, 3.63) is 222 Å². The Morgan fingerprint density at radius 3 is 1.12 bits per heavy atom. The van der Waals surface area contributed by atoms with Gasteiger partial charge in [-0.15, -0.1) is 0 Å². The van der Waals surface area contributed by atoms with E-state index in [-0.39, 0.29) is 74.3 Å². The first-order chi connectivity index (χ1) is 38.2. The first-order valence-electron chi connectivity index (χ1n) is 24.3. The largest absolute Gasteiger partial charge is 0.417 e. The smallest absolute Gasteiger partial charge is 0.307 e. The van der Waals surface area contributed by atoms with E-state index < -0.39 is 58.1 Å². The molecule has 12 aromatic rings. The zero-order chi connectivity index (χ0) is 56.0. The second-order valence-corrected chi connectivity index (χ2v) is 18.7. The molecule has 80 heavy (non-hydrogen) atoms. The van der Waals surface area contributed by atoms with E-state index in [1.165, 1.54) is 36.4 Å². The highest BCUT2D eigenvalue weighted by Crippen LogP contribution is 2.47. The molecule has 0 bridgehead atoms. The highest BCUT2D eigenvalue weighted by molar-refractivity contribution is 6.13. The Balaban J connectivity index is 1.21. The maximum absolute atomic E-state index is 14.9. The summed E-state index contributed by atoms with van der Waals surface area (Å²) in [6.07, 6.45) is -20.7. The molecule has 394 valence electrons. The van der Waals surface area contributed by atoms with Crippen molar-refractivity contribution < 1.29 is 52.7 Å². The Morgan fingerprint density at radius 2 is 0.713 bits per heavy atom. The van der Waals surface area contributed by atoms with Crippen LogP contribution in [0.25, 0.3) is 111 Å². The predicted octanol–water partition coefficient (Wildman–Crippen LogP) is 18.3. The number of benzene rings is 9. The molecular weight excluding hydrogens is 1060 g/mol. The van der Waals surface area contributed by atoms with Crippen LogP contribution >= 0.6 is 0 Å². The molecule has 9 aromatic carbocycles. The number of hydrogen-bond acceptors (Lipinski definition) is 4. The second kappa shape index (κ2) is 18.7. The molecule has 0 saturated heterocycles. The Kier molecular flexibility index (Phi) is 11.9. The number of fused-ring (bicyclic) bond motifs is 6. The summed E-state index contributed by atoms with van der Waals surface area (Å²) in [6.45, 7) is 0. The van der Waals surface area contributed by atoms with Gasteiger partial charge in [0.2, 0.25) is 0 Å². The van der Waals surface area contributed by atoms with E-state index in [9.17, 15) is 57.9 Å². The SMILES string of the molecule is N#Cc1cc(-n2c3ccccc3c3ccc(-c4ccc(C(F)(F)F)cc4C(F)(F)F)cc32)c(-n2c3ccccc3c3ccc(-c4ccc(C(F)(F)F)cc4C(F)(F)F)cc32)cc1-c1nc(-c2ccccc2)nc(-c2ccccc2)n1. The van der Waals surface area contributed by atoms with Gasteiger partial charge < -0.3 is 9.13 Å². The zero-order valence-corrected chi connectivity index (χ0v) is 40.7. The van der Waals surface area contributed by atoms with E-state index in [2.05, 4.69) is 6.07 Å². The number of alkyl halides is 12. The number of hydrogen-bond donors (Lipinski definition) is 0. The highest BCUT2D eigenvalue weighted by atomic mass is 19.4. The third-order valence-corrected chi connectivity index (χ3v) is 13.9. The predicted molar refractivity (Wildman–Crippen MR) is 280 cm³/mol. The molecule has 0 aliphatic carbocycles. The maximum Gasteiger partial charge on any atom is 0.417 e. The van der Waals surface area contributed by atoms with Gasteiger partial charge in [-0.2, -0.15) is 57.9 Å². The second-order valence-electron chi connectivity index (χ2n) is 18.7. The van der Waals surface area contributed by atoms with Crippen LogP contribution < -0.4 is 0 Å². The number of nitrogens with zero attached hydrogens (tertiary/aromatic N) is 6. The fraction of sp³-hybridized carbons (Fsp3) is 0.0645. The quantitative estimate of drug-likeness (QED) is 0.149. The summed E-state index contributed by atoms with van der Waals surface area (Å²) >= 11 is 0. The molecule has 0 N–H and O–H groups in total. The summed E-state index contributed by atoms with van der Waals surface area (Å²) in [6, 6.07) is 48.5. The van der Waals surface area contributed by atoms with Gasteiger partial charge in [0, 0.05) is 38.2 Å². The standard InChI is InChI=1S/C62H32F12N6/c63-59(64,65)39-21-25-41(48(30-39)61(69,70)71)36-19-23-45-43-15-7-9-17-50(43)79(52(45)27-36)54-29-38(33-75)47(58-77-56(34-11-3-1-4-12-34)76-57(78-58)35-13-5-2-6-14-35)32-55(54)80-51-18-10-8-16-44(51)46-24-20-37(28-53(46)80)42-26-22-40(60(66,67)68)31-49(42)62(72,73)74/h1-32H. The minimum absolute atomic E-state index is 0.00887. The van der Waals surface area contributed by atoms with Gasteiger partial charge in [0.1, 0.15) is 0 Å². The van der Waals surface area contributed by atoms with Crippen molar-refractivity contribution in [2.75, 3.05) is 0 Å². The Labute approximate surface area is 444 Å². The maximum atomic E-state index is 14.9. The Morgan fingerprint density at radius 1 is 0.325 bits per heavy atom. The van der Waals surface area contributed by atoms with Crippen molar-refractivity contribution in [2.24, 2.45) is 0 Å².